The molecule has 3 rings (SSSR count). The molecular formula is C28H34Cl2F2N4O3. The van der Waals surface area contributed by atoms with Gasteiger partial charge in [-0.15, -0.1) is 0 Å². The molecular weight excluding hydrogens is 549 g/mol. The monoisotopic (exact) mass is 582 g/mol. The van der Waals surface area contributed by atoms with Gasteiger partial charge in [-0.1, -0.05) is 55.2 Å². The number of aliphatic hydroxyl groups is 2. The molecule has 0 saturated carbocycles. The lowest BCUT2D eigenvalue weighted by Gasteiger charge is -2.38. The van der Waals surface area contributed by atoms with Crippen LogP contribution in [0.5, 0.6) is 0 Å². The summed E-state index contributed by atoms with van der Waals surface area (Å²) < 4.78 is 31.3. The van der Waals surface area contributed by atoms with E-state index in [-0.39, 0.29) is 34.1 Å². The summed E-state index contributed by atoms with van der Waals surface area (Å²) in [7, 11) is 0. The third-order valence-corrected chi connectivity index (χ3v) is 8.01. The van der Waals surface area contributed by atoms with Crippen molar-refractivity contribution < 1.29 is 23.8 Å². The molecule has 1 aliphatic rings. The minimum absolute atomic E-state index is 0.0134. The first-order chi connectivity index (χ1) is 18.4. The van der Waals surface area contributed by atoms with Crippen LogP contribution in [0.3, 0.4) is 0 Å². The van der Waals surface area contributed by atoms with E-state index in [1.165, 1.54) is 30.3 Å². The molecule has 0 unspecified atom stereocenters. The highest BCUT2D eigenvalue weighted by Gasteiger charge is 2.61. The van der Waals surface area contributed by atoms with Crippen molar-refractivity contribution in [3.63, 3.8) is 0 Å². The van der Waals surface area contributed by atoms with Gasteiger partial charge in [-0.05, 0) is 55.0 Å². The molecule has 39 heavy (non-hydrogen) atoms. The maximum atomic E-state index is 15.7. The summed E-state index contributed by atoms with van der Waals surface area (Å²) >= 11 is 12.2. The fraction of sp³-hybridized carbons (Fsp3) is 0.500. The van der Waals surface area contributed by atoms with Gasteiger partial charge in [-0.2, -0.15) is 5.26 Å². The predicted octanol–water partition coefficient (Wildman–Crippen LogP) is 3.78. The number of hydrogen-bond acceptors (Lipinski definition) is 6. The number of halogens is 4. The maximum Gasteiger partial charge on any atom is 0.237 e. The highest BCUT2D eigenvalue weighted by Crippen LogP contribution is 2.53. The van der Waals surface area contributed by atoms with Crippen molar-refractivity contribution in [2.45, 2.75) is 62.6 Å². The molecule has 0 aromatic heterocycles. The number of amides is 1. The summed E-state index contributed by atoms with van der Waals surface area (Å²) in [4.78, 5) is 13.6. The maximum absolute atomic E-state index is 15.7. The van der Waals surface area contributed by atoms with Gasteiger partial charge in [0.25, 0.3) is 0 Å². The van der Waals surface area contributed by atoms with E-state index in [2.05, 4.69) is 16.7 Å². The van der Waals surface area contributed by atoms with Gasteiger partial charge in [0, 0.05) is 29.1 Å². The molecule has 2 aromatic carbocycles. The van der Waals surface area contributed by atoms with Gasteiger partial charge in [-0.25, -0.2) is 8.78 Å². The van der Waals surface area contributed by atoms with Gasteiger partial charge in [0.15, 0.2) is 0 Å². The Morgan fingerprint density at radius 3 is 2.64 bits per heavy atom. The van der Waals surface area contributed by atoms with Crippen LogP contribution >= 0.6 is 23.2 Å². The zero-order valence-corrected chi connectivity index (χ0v) is 23.4. The third-order valence-electron chi connectivity index (χ3n) is 7.48. The van der Waals surface area contributed by atoms with Crippen LogP contribution in [0.1, 0.15) is 50.2 Å². The number of hydrogen-bond donors (Lipinski definition) is 5. The Bertz CT molecular complexity index is 1230. The highest BCUT2D eigenvalue weighted by molar-refractivity contribution is 6.31. The van der Waals surface area contributed by atoms with Gasteiger partial charge < -0.3 is 26.6 Å². The van der Waals surface area contributed by atoms with Crippen LogP contribution in [0.4, 0.5) is 8.78 Å². The standard InChI is InChI=1S/C28H34Cl2F2N4O3/c1-27(2,9-10-33)13-22-28(15-34,19-7-6-16(29)12-21(19)31)23(18-4-3-5-20(30)24(18)32)25(36-22)26(39)35-11-8-17(38)14-37/h3-7,12,17,22-23,25,36-38H,8-11,13-14,33H2,1-2H3,(H,35,39)/t17-,22-,23-,25+,28-/m0/s1. The second-order valence-electron chi connectivity index (χ2n) is 10.7. The Morgan fingerprint density at radius 2 is 2.03 bits per heavy atom. The fourth-order valence-corrected chi connectivity index (χ4v) is 5.89. The molecule has 1 fully saturated rings. The summed E-state index contributed by atoms with van der Waals surface area (Å²) in [5.74, 6) is -3.33. The van der Waals surface area contributed by atoms with Crippen molar-refractivity contribution in [3.8, 4) is 6.07 Å². The van der Waals surface area contributed by atoms with Crippen LogP contribution < -0.4 is 16.4 Å². The van der Waals surface area contributed by atoms with Gasteiger partial charge in [0.2, 0.25) is 5.91 Å². The Kier molecular flexibility index (Phi) is 10.3. The van der Waals surface area contributed by atoms with Crippen molar-refractivity contribution in [1.29, 1.82) is 5.26 Å². The highest BCUT2D eigenvalue weighted by atomic mass is 35.5. The first kappa shape index (κ1) is 31.2. The summed E-state index contributed by atoms with van der Waals surface area (Å²) in [5.41, 5.74) is 3.62. The first-order valence-electron chi connectivity index (χ1n) is 12.7. The quantitative estimate of drug-likeness (QED) is 0.274. The molecule has 6 N–H and O–H groups in total. The van der Waals surface area contributed by atoms with Crippen LogP contribution in [0.2, 0.25) is 10.0 Å². The van der Waals surface area contributed by atoms with E-state index in [9.17, 15) is 15.2 Å². The second-order valence-corrected chi connectivity index (χ2v) is 11.6. The average molecular weight is 584 g/mol. The van der Waals surface area contributed by atoms with Crippen LogP contribution in [0.25, 0.3) is 0 Å². The van der Waals surface area contributed by atoms with E-state index >= 15 is 8.78 Å². The topological polar surface area (TPSA) is 131 Å². The Hall–Kier alpha value is -2.32. The van der Waals surface area contributed by atoms with Crippen LogP contribution in [-0.4, -0.2) is 54.0 Å². The van der Waals surface area contributed by atoms with E-state index < -0.39 is 59.1 Å². The number of carbonyl (C=O) groups excluding carboxylic acids is 1. The fourth-order valence-electron chi connectivity index (χ4n) is 5.55. The van der Waals surface area contributed by atoms with Crippen molar-refractivity contribution in [3.05, 3.63) is 69.2 Å². The molecule has 0 radical (unpaired) electrons. The van der Waals surface area contributed by atoms with E-state index in [1.54, 1.807) is 0 Å². The molecule has 7 nitrogen and oxygen atoms in total. The lowest BCUT2D eigenvalue weighted by Crippen LogP contribution is -2.46. The van der Waals surface area contributed by atoms with E-state index in [0.717, 1.165) is 6.07 Å². The minimum Gasteiger partial charge on any atom is -0.394 e. The summed E-state index contributed by atoms with van der Waals surface area (Å²) in [6.45, 7) is 3.83. The van der Waals surface area contributed by atoms with Crippen molar-refractivity contribution in [2.24, 2.45) is 11.1 Å². The van der Waals surface area contributed by atoms with Crippen LogP contribution in [0.15, 0.2) is 36.4 Å². The number of carbonyl (C=O) groups is 1. The van der Waals surface area contributed by atoms with Crippen molar-refractivity contribution >= 4 is 29.1 Å². The smallest absolute Gasteiger partial charge is 0.237 e. The number of nitrogens with two attached hydrogens (primary N) is 1. The lowest BCUT2D eigenvalue weighted by molar-refractivity contribution is -0.123. The molecule has 1 aliphatic heterocycles. The largest absolute Gasteiger partial charge is 0.394 e. The lowest BCUT2D eigenvalue weighted by atomic mass is 9.62. The normalized spacial score (nSPS) is 23.8. The predicted molar refractivity (Wildman–Crippen MR) is 146 cm³/mol. The molecule has 0 bridgehead atoms. The number of nitriles is 1. The molecule has 5 atom stereocenters. The van der Waals surface area contributed by atoms with E-state index in [4.69, 9.17) is 34.0 Å². The Balaban J connectivity index is 2.25. The van der Waals surface area contributed by atoms with E-state index in [1.807, 2.05) is 13.8 Å². The van der Waals surface area contributed by atoms with Crippen LogP contribution in [-0.2, 0) is 10.2 Å². The van der Waals surface area contributed by atoms with Crippen molar-refractivity contribution in [2.75, 3.05) is 19.7 Å². The molecule has 2 aromatic rings. The van der Waals surface area contributed by atoms with Gasteiger partial charge in [-0.3, -0.25) is 4.79 Å². The minimum atomic E-state index is -1.75. The summed E-state index contributed by atoms with van der Waals surface area (Å²) in [5, 5.41) is 35.5. The number of nitrogens with zero attached hydrogens (tertiary/aromatic N) is 1. The summed E-state index contributed by atoms with van der Waals surface area (Å²) in [6, 6.07) is 8.58. The molecule has 11 heteroatoms. The van der Waals surface area contributed by atoms with E-state index in [0.29, 0.717) is 19.4 Å². The Morgan fingerprint density at radius 1 is 1.31 bits per heavy atom. The number of rotatable bonds is 11. The molecule has 1 heterocycles. The average Bonchev–Trinajstić information content (AvgIpc) is 3.19. The zero-order valence-electron chi connectivity index (χ0n) is 21.9. The van der Waals surface area contributed by atoms with Crippen LogP contribution in [0, 0.1) is 28.4 Å². The van der Waals surface area contributed by atoms with Gasteiger partial charge in [0.05, 0.1) is 29.8 Å². The van der Waals surface area contributed by atoms with Crippen molar-refractivity contribution in [1.82, 2.24) is 10.6 Å². The molecule has 0 aliphatic carbocycles. The third kappa shape index (κ3) is 6.54. The molecule has 1 amide bonds. The molecule has 212 valence electrons. The number of aliphatic hydroxyl groups excluding tert-OH is 2. The summed E-state index contributed by atoms with van der Waals surface area (Å²) in [6.07, 6.45) is -0.0602. The number of nitrogens with one attached hydrogen (secondary N) is 2. The molecule has 0 spiro atoms. The zero-order chi connectivity index (χ0) is 29.0. The Labute approximate surface area is 237 Å². The first-order valence-corrected chi connectivity index (χ1v) is 13.5. The SMILES string of the molecule is CC(C)(CCN)C[C@@H]1N[C@@H](C(=O)NCC[C@H](O)CO)[C@H](c2cccc(Cl)c2F)[C@@]1(C#N)c1ccc(Cl)cc1F. The second kappa shape index (κ2) is 12.9. The number of benzene rings is 2. The van der Waals surface area contributed by atoms with Gasteiger partial charge in [0.1, 0.15) is 17.0 Å². The molecule has 1 saturated heterocycles. The van der Waals surface area contributed by atoms with Gasteiger partial charge >= 0.3 is 0 Å².